The predicted molar refractivity (Wildman–Crippen MR) is 123 cm³/mol. The van der Waals surface area contributed by atoms with Gasteiger partial charge in [-0.05, 0) is 55.2 Å². The number of carbonyl (C=O) groups is 3. The summed E-state index contributed by atoms with van der Waals surface area (Å²) in [7, 11) is 0. The lowest BCUT2D eigenvalue weighted by atomic mass is 9.76. The Hall–Kier alpha value is -3.46. The van der Waals surface area contributed by atoms with Gasteiger partial charge in [-0.3, -0.25) is 24.6 Å². The van der Waals surface area contributed by atoms with Crippen molar-refractivity contribution in [3.8, 4) is 11.5 Å². The summed E-state index contributed by atoms with van der Waals surface area (Å²) in [6, 6.07) is 7.55. The molecule has 8 nitrogen and oxygen atoms in total. The molecular weight excluding hydrogens is 453 g/mol. The SMILES string of the molecule is O=C1[C@@H]2[C@H](Cc3ccc(O)c(O)c3)N[C@@]3(C(=O)Nc4ccc(F)cc43)[C@@H]2C(=O)N1C1CCCCC1. The lowest BCUT2D eigenvalue weighted by Crippen LogP contribution is -2.54. The van der Waals surface area contributed by atoms with Gasteiger partial charge in [-0.1, -0.05) is 25.3 Å². The largest absolute Gasteiger partial charge is 0.504 e. The van der Waals surface area contributed by atoms with Gasteiger partial charge in [-0.2, -0.15) is 0 Å². The molecule has 2 aromatic rings. The van der Waals surface area contributed by atoms with Crippen LogP contribution < -0.4 is 10.6 Å². The summed E-state index contributed by atoms with van der Waals surface area (Å²) >= 11 is 0. The van der Waals surface area contributed by atoms with Crippen LogP contribution in [0.15, 0.2) is 36.4 Å². The molecule has 2 saturated heterocycles. The van der Waals surface area contributed by atoms with E-state index in [1.54, 1.807) is 6.07 Å². The zero-order valence-corrected chi connectivity index (χ0v) is 19.0. The van der Waals surface area contributed by atoms with Gasteiger partial charge in [0, 0.05) is 23.3 Å². The third kappa shape index (κ3) is 3.10. The van der Waals surface area contributed by atoms with Gasteiger partial charge in [-0.25, -0.2) is 4.39 Å². The lowest BCUT2D eigenvalue weighted by molar-refractivity contribution is -0.146. The molecule has 4 aliphatic rings. The summed E-state index contributed by atoms with van der Waals surface area (Å²) in [4.78, 5) is 42.6. The molecule has 3 aliphatic heterocycles. The van der Waals surface area contributed by atoms with E-state index in [4.69, 9.17) is 0 Å². The maximum absolute atomic E-state index is 14.4. The standard InChI is InChI=1S/C26H26FN3O5/c27-14-7-8-17-16(12-14)26(25(35)28-17)22-21(18(29-26)10-13-6-9-19(31)20(32)11-13)23(33)30(24(22)34)15-4-2-1-3-5-15/h6-9,11-12,15,18,21-22,29,31-32H,1-5,10H2,(H,28,35)/t18-,21+,22-,26+/m0/s1. The molecule has 182 valence electrons. The molecule has 2 aromatic carbocycles. The van der Waals surface area contributed by atoms with Crippen LogP contribution in [0.4, 0.5) is 10.1 Å². The van der Waals surface area contributed by atoms with Gasteiger partial charge >= 0.3 is 0 Å². The topological polar surface area (TPSA) is 119 Å². The number of nitrogens with one attached hydrogen (secondary N) is 2. The van der Waals surface area contributed by atoms with Crippen LogP contribution in [0.1, 0.15) is 43.2 Å². The summed E-state index contributed by atoms with van der Waals surface area (Å²) in [6.45, 7) is 0. The van der Waals surface area contributed by atoms with Gasteiger partial charge in [0.25, 0.3) is 0 Å². The van der Waals surface area contributed by atoms with Crippen LogP contribution in [0, 0.1) is 17.7 Å². The normalized spacial score (nSPS) is 30.1. The van der Waals surface area contributed by atoms with Gasteiger partial charge in [-0.15, -0.1) is 0 Å². The second kappa shape index (κ2) is 7.78. The number of benzene rings is 2. The molecule has 3 fully saturated rings. The molecule has 35 heavy (non-hydrogen) atoms. The van der Waals surface area contributed by atoms with Crippen molar-refractivity contribution in [2.45, 2.75) is 56.1 Å². The van der Waals surface area contributed by atoms with Crippen LogP contribution in [0.5, 0.6) is 11.5 Å². The van der Waals surface area contributed by atoms with Crippen LogP contribution in [0.25, 0.3) is 0 Å². The number of likely N-dealkylation sites (tertiary alicyclic amines) is 1. The number of hydrogen-bond donors (Lipinski definition) is 4. The van der Waals surface area contributed by atoms with E-state index < -0.39 is 35.1 Å². The molecule has 1 saturated carbocycles. The molecule has 4 atom stereocenters. The van der Waals surface area contributed by atoms with Crippen molar-refractivity contribution in [3.63, 3.8) is 0 Å². The number of carbonyl (C=O) groups excluding carboxylic acids is 3. The Morgan fingerprint density at radius 1 is 0.971 bits per heavy atom. The van der Waals surface area contributed by atoms with Crippen molar-refractivity contribution < 1.29 is 29.0 Å². The fourth-order valence-corrected chi connectivity index (χ4v) is 6.62. The molecule has 0 unspecified atom stereocenters. The second-order valence-electron chi connectivity index (χ2n) is 10.1. The van der Waals surface area contributed by atoms with Crippen molar-refractivity contribution in [2.75, 3.05) is 5.32 Å². The number of aromatic hydroxyl groups is 2. The maximum Gasteiger partial charge on any atom is 0.250 e. The third-order valence-corrected chi connectivity index (χ3v) is 8.15. The van der Waals surface area contributed by atoms with E-state index in [2.05, 4.69) is 10.6 Å². The maximum atomic E-state index is 14.4. The van der Waals surface area contributed by atoms with Crippen molar-refractivity contribution in [1.29, 1.82) is 0 Å². The molecule has 4 N–H and O–H groups in total. The third-order valence-electron chi connectivity index (χ3n) is 8.15. The number of imide groups is 1. The highest BCUT2D eigenvalue weighted by atomic mass is 19.1. The number of fused-ring (bicyclic) bond motifs is 4. The smallest absolute Gasteiger partial charge is 0.250 e. The van der Waals surface area contributed by atoms with Crippen molar-refractivity contribution in [1.82, 2.24) is 10.2 Å². The molecular formula is C26H26FN3O5. The van der Waals surface area contributed by atoms with Gasteiger partial charge in [0.05, 0.1) is 11.8 Å². The fourth-order valence-electron chi connectivity index (χ4n) is 6.62. The first-order chi connectivity index (χ1) is 16.8. The number of phenolic OH excluding ortho intramolecular Hbond substituents is 2. The lowest BCUT2D eigenvalue weighted by Gasteiger charge is -2.34. The average Bonchev–Trinajstić information content (AvgIpc) is 3.41. The average molecular weight is 480 g/mol. The van der Waals surface area contributed by atoms with Gasteiger partial charge < -0.3 is 15.5 Å². The number of phenols is 2. The molecule has 1 aliphatic carbocycles. The zero-order valence-electron chi connectivity index (χ0n) is 19.0. The summed E-state index contributed by atoms with van der Waals surface area (Å²) in [6.07, 6.45) is 4.65. The first kappa shape index (κ1) is 22.0. The van der Waals surface area contributed by atoms with Crippen molar-refractivity contribution >= 4 is 23.4 Å². The van der Waals surface area contributed by atoms with E-state index >= 15 is 0 Å². The number of halogens is 1. The molecule has 0 radical (unpaired) electrons. The number of amides is 3. The summed E-state index contributed by atoms with van der Waals surface area (Å²) in [5, 5.41) is 25.7. The predicted octanol–water partition coefficient (Wildman–Crippen LogP) is 2.53. The molecule has 9 heteroatoms. The van der Waals surface area contributed by atoms with E-state index in [0.29, 0.717) is 16.8 Å². The Morgan fingerprint density at radius 3 is 2.49 bits per heavy atom. The van der Waals surface area contributed by atoms with Crippen LogP contribution in [0.2, 0.25) is 0 Å². The number of anilines is 1. The van der Waals surface area contributed by atoms with Gasteiger partial charge in [0.1, 0.15) is 11.4 Å². The second-order valence-corrected chi connectivity index (χ2v) is 10.1. The minimum absolute atomic E-state index is 0.193. The highest BCUT2D eigenvalue weighted by Crippen LogP contribution is 2.54. The van der Waals surface area contributed by atoms with E-state index in [1.165, 1.54) is 35.2 Å². The summed E-state index contributed by atoms with van der Waals surface area (Å²) < 4.78 is 14.4. The quantitative estimate of drug-likeness (QED) is 0.397. The van der Waals surface area contributed by atoms with Crippen LogP contribution in [0.3, 0.4) is 0 Å². The van der Waals surface area contributed by atoms with Crippen molar-refractivity contribution in [2.24, 2.45) is 11.8 Å². The first-order valence-corrected chi connectivity index (χ1v) is 12.1. The van der Waals surface area contributed by atoms with Crippen LogP contribution >= 0.6 is 0 Å². The van der Waals surface area contributed by atoms with Crippen LogP contribution in [-0.2, 0) is 26.3 Å². The fraction of sp³-hybridized carbons (Fsp3) is 0.423. The Kier molecular flexibility index (Phi) is 4.90. The number of hydrogen-bond acceptors (Lipinski definition) is 6. The minimum Gasteiger partial charge on any atom is -0.504 e. The number of nitrogens with zero attached hydrogens (tertiary/aromatic N) is 1. The molecule has 6 rings (SSSR count). The molecule has 1 spiro atoms. The molecule has 3 heterocycles. The Balaban J connectivity index is 1.46. The van der Waals surface area contributed by atoms with E-state index in [0.717, 1.165) is 32.1 Å². The Labute approximate surface area is 201 Å². The van der Waals surface area contributed by atoms with E-state index in [9.17, 15) is 29.0 Å². The van der Waals surface area contributed by atoms with Crippen LogP contribution in [-0.4, -0.2) is 44.9 Å². The molecule has 0 aromatic heterocycles. The Morgan fingerprint density at radius 2 is 1.74 bits per heavy atom. The summed E-state index contributed by atoms with van der Waals surface area (Å²) in [5.74, 6) is -4.09. The van der Waals surface area contributed by atoms with E-state index in [-0.39, 0.29) is 35.8 Å². The highest BCUT2D eigenvalue weighted by Gasteiger charge is 2.70. The molecule has 3 amide bonds. The molecule has 0 bridgehead atoms. The Bertz CT molecular complexity index is 1260. The number of rotatable bonds is 3. The van der Waals surface area contributed by atoms with Gasteiger partial charge in [0.15, 0.2) is 11.5 Å². The van der Waals surface area contributed by atoms with Crippen molar-refractivity contribution in [3.05, 3.63) is 53.3 Å². The monoisotopic (exact) mass is 479 g/mol. The first-order valence-electron chi connectivity index (χ1n) is 12.1. The minimum atomic E-state index is -1.57. The highest BCUT2D eigenvalue weighted by molar-refractivity contribution is 6.15. The summed E-state index contributed by atoms with van der Waals surface area (Å²) in [5.41, 5.74) is -0.188. The van der Waals surface area contributed by atoms with E-state index in [1.807, 2.05) is 0 Å². The van der Waals surface area contributed by atoms with Gasteiger partial charge in [0.2, 0.25) is 17.7 Å². The zero-order chi connectivity index (χ0) is 24.5.